The number of ether oxygens (including phenoxy) is 1. The summed E-state index contributed by atoms with van der Waals surface area (Å²) in [6.07, 6.45) is 6.23. The molecular weight excluding hydrogens is 424 g/mol. The number of carboxylic acids is 1. The van der Waals surface area contributed by atoms with E-state index in [1.807, 2.05) is 47.4 Å². The zero-order chi connectivity index (χ0) is 22.5. The summed E-state index contributed by atoms with van der Waals surface area (Å²) >= 11 is 1.39. The van der Waals surface area contributed by atoms with E-state index in [9.17, 15) is 9.59 Å². The van der Waals surface area contributed by atoms with Gasteiger partial charge in [0.15, 0.2) is 11.8 Å². The Hall–Kier alpha value is -3.06. The van der Waals surface area contributed by atoms with Gasteiger partial charge >= 0.3 is 5.97 Å². The van der Waals surface area contributed by atoms with Gasteiger partial charge in [-0.1, -0.05) is 50.1 Å². The molecule has 2 fully saturated rings. The van der Waals surface area contributed by atoms with Crippen LogP contribution in [0.2, 0.25) is 0 Å². The largest absolute Gasteiger partial charge is 0.482 e. The summed E-state index contributed by atoms with van der Waals surface area (Å²) in [5.41, 5.74) is 1.60. The predicted octanol–water partition coefficient (Wildman–Crippen LogP) is 5.33. The molecule has 0 radical (unpaired) electrons. The minimum absolute atomic E-state index is 0.0275. The molecule has 1 N–H and O–H groups in total. The van der Waals surface area contributed by atoms with Crippen molar-refractivity contribution in [1.82, 2.24) is 4.90 Å². The summed E-state index contributed by atoms with van der Waals surface area (Å²) in [6.45, 7) is 1.81. The molecule has 1 heterocycles. The van der Waals surface area contributed by atoms with E-state index in [1.54, 1.807) is 18.2 Å². The van der Waals surface area contributed by atoms with Crippen LogP contribution in [0.3, 0.4) is 0 Å². The molecule has 6 nitrogen and oxygen atoms in total. The van der Waals surface area contributed by atoms with Crippen molar-refractivity contribution in [2.24, 2.45) is 10.9 Å². The van der Waals surface area contributed by atoms with Crippen LogP contribution in [0.15, 0.2) is 64.5 Å². The molecule has 2 atom stereocenters. The highest BCUT2D eigenvalue weighted by Crippen LogP contribution is 2.40. The Morgan fingerprint density at radius 2 is 1.97 bits per heavy atom. The van der Waals surface area contributed by atoms with Crippen molar-refractivity contribution in [3.63, 3.8) is 0 Å². The number of thioether (sulfide) groups is 1. The highest BCUT2D eigenvalue weighted by molar-refractivity contribution is 8.18. The van der Waals surface area contributed by atoms with Gasteiger partial charge in [-0.05, 0) is 66.4 Å². The van der Waals surface area contributed by atoms with Gasteiger partial charge in [-0.15, -0.1) is 0 Å². The van der Waals surface area contributed by atoms with Crippen LogP contribution in [-0.2, 0) is 9.59 Å². The number of carbonyl (C=O) groups excluding carboxylic acids is 1. The van der Waals surface area contributed by atoms with Gasteiger partial charge in [-0.25, -0.2) is 9.79 Å². The second-order valence-electron chi connectivity index (χ2n) is 8.10. The maximum absolute atomic E-state index is 13.5. The van der Waals surface area contributed by atoms with Crippen LogP contribution >= 0.6 is 11.8 Å². The number of carboxylic acid groups (broad SMARTS) is 1. The average molecular weight is 451 g/mol. The topological polar surface area (TPSA) is 79.2 Å². The van der Waals surface area contributed by atoms with E-state index in [0.29, 0.717) is 21.7 Å². The number of carbonyl (C=O) groups is 2. The second-order valence-corrected chi connectivity index (χ2v) is 9.11. The van der Waals surface area contributed by atoms with Gasteiger partial charge < -0.3 is 9.84 Å². The lowest BCUT2D eigenvalue weighted by Crippen LogP contribution is -2.44. The molecule has 1 saturated carbocycles. The van der Waals surface area contributed by atoms with Crippen molar-refractivity contribution in [3.8, 4) is 5.75 Å². The molecule has 0 bridgehead atoms. The number of aliphatic carboxylic acids is 1. The molecular formula is C25H26N2O4S. The van der Waals surface area contributed by atoms with E-state index in [1.165, 1.54) is 18.2 Å². The van der Waals surface area contributed by atoms with Crippen LogP contribution in [0.1, 0.15) is 38.2 Å². The SMILES string of the molecule is C[C@H]1CCCC[C@@H]1N1C(=O)/C(=C/c2cccc(OCC(=O)O)c2)SC1=Nc1ccccc1. The van der Waals surface area contributed by atoms with Crippen molar-refractivity contribution in [2.45, 2.75) is 38.6 Å². The fourth-order valence-electron chi connectivity index (χ4n) is 4.14. The number of amides is 1. The summed E-state index contributed by atoms with van der Waals surface area (Å²) in [5.74, 6) is -0.191. The Morgan fingerprint density at radius 3 is 2.72 bits per heavy atom. The van der Waals surface area contributed by atoms with Gasteiger partial charge in [0.05, 0.1) is 10.6 Å². The van der Waals surface area contributed by atoms with E-state index < -0.39 is 12.6 Å². The first-order valence-electron chi connectivity index (χ1n) is 10.8. The van der Waals surface area contributed by atoms with Gasteiger partial charge in [-0.2, -0.15) is 0 Å². The van der Waals surface area contributed by atoms with Crippen LogP contribution in [0.4, 0.5) is 5.69 Å². The standard InChI is InChI=1S/C25H26N2O4S/c1-17-8-5-6-13-21(17)27-24(30)22(32-25(27)26-19-10-3-2-4-11-19)15-18-9-7-12-20(14-18)31-16-23(28)29/h2-4,7,9-12,14-15,17,21H,5-6,8,13,16H2,1H3,(H,28,29)/b22-15-,26-25?/t17-,21-/m0/s1. The monoisotopic (exact) mass is 450 g/mol. The third-order valence-corrected chi connectivity index (χ3v) is 6.72. The van der Waals surface area contributed by atoms with Crippen LogP contribution < -0.4 is 4.74 Å². The minimum atomic E-state index is -1.03. The van der Waals surface area contributed by atoms with Gasteiger partial charge in [0.1, 0.15) is 5.75 Å². The molecule has 32 heavy (non-hydrogen) atoms. The molecule has 4 rings (SSSR count). The molecule has 2 aliphatic rings. The first-order chi connectivity index (χ1) is 15.5. The molecule has 1 saturated heterocycles. The number of nitrogens with zero attached hydrogens (tertiary/aromatic N) is 2. The van der Waals surface area contributed by atoms with Gasteiger partial charge in [0, 0.05) is 6.04 Å². The lowest BCUT2D eigenvalue weighted by molar-refractivity contribution is -0.139. The molecule has 166 valence electrons. The van der Waals surface area contributed by atoms with Crippen molar-refractivity contribution < 1.29 is 19.4 Å². The first-order valence-corrected chi connectivity index (χ1v) is 11.6. The summed E-state index contributed by atoms with van der Waals surface area (Å²) in [6, 6.07) is 16.9. The third-order valence-electron chi connectivity index (χ3n) is 5.73. The maximum atomic E-state index is 13.5. The molecule has 0 unspecified atom stereocenters. The van der Waals surface area contributed by atoms with E-state index in [0.717, 1.165) is 30.5 Å². The van der Waals surface area contributed by atoms with Gasteiger partial charge in [-0.3, -0.25) is 9.69 Å². The average Bonchev–Trinajstić information content (AvgIpc) is 3.08. The Bertz CT molecular complexity index is 1050. The number of benzene rings is 2. The molecule has 0 spiro atoms. The third kappa shape index (κ3) is 5.22. The normalized spacial score (nSPS) is 23.7. The zero-order valence-corrected chi connectivity index (χ0v) is 18.8. The van der Waals surface area contributed by atoms with Crippen molar-refractivity contribution in [1.29, 1.82) is 0 Å². The number of aliphatic imine (C=N–C) groups is 1. The Balaban J connectivity index is 1.65. The summed E-state index contributed by atoms with van der Waals surface area (Å²) in [7, 11) is 0. The van der Waals surface area contributed by atoms with Crippen molar-refractivity contribution in [2.75, 3.05) is 6.61 Å². The van der Waals surface area contributed by atoms with Gasteiger partial charge in [0.2, 0.25) is 0 Å². The number of rotatable bonds is 6. The summed E-state index contributed by atoms with van der Waals surface area (Å²) in [4.78, 5) is 31.6. The lowest BCUT2D eigenvalue weighted by Gasteiger charge is -2.35. The number of para-hydroxylation sites is 1. The van der Waals surface area contributed by atoms with Crippen molar-refractivity contribution >= 4 is 40.6 Å². The fraction of sp³-hybridized carbons (Fsp3) is 0.320. The zero-order valence-electron chi connectivity index (χ0n) is 17.9. The Kier molecular flexibility index (Phi) is 6.95. The maximum Gasteiger partial charge on any atom is 0.341 e. The van der Waals surface area contributed by atoms with E-state index >= 15 is 0 Å². The first kappa shape index (κ1) is 22.1. The number of hydrogen-bond acceptors (Lipinski definition) is 5. The predicted molar refractivity (Wildman–Crippen MR) is 127 cm³/mol. The quantitative estimate of drug-likeness (QED) is 0.602. The van der Waals surface area contributed by atoms with Crippen LogP contribution in [0, 0.1) is 5.92 Å². The number of amidine groups is 1. The fourth-order valence-corrected chi connectivity index (χ4v) is 5.19. The van der Waals surface area contributed by atoms with E-state index in [2.05, 4.69) is 6.92 Å². The highest BCUT2D eigenvalue weighted by atomic mass is 32.2. The minimum Gasteiger partial charge on any atom is -0.482 e. The molecule has 1 amide bonds. The van der Waals surface area contributed by atoms with E-state index in [-0.39, 0.29) is 11.9 Å². The van der Waals surface area contributed by atoms with E-state index in [4.69, 9.17) is 14.8 Å². The Morgan fingerprint density at radius 1 is 1.19 bits per heavy atom. The summed E-state index contributed by atoms with van der Waals surface area (Å²) in [5, 5.41) is 9.54. The van der Waals surface area contributed by atoms with Crippen LogP contribution in [0.25, 0.3) is 6.08 Å². The smallest absolute Gasteiger partial charge is 0.341 e. The second kappa shape index (κ2) is 10.0. The Labute approximate surface area is 192 Å². The van der Waals surface area contributed by atoms with Crippen LogP contribution in [0.5, 0.6) is 5.75 Å². The molecule has 1 aliphatic heterocycles. The van der Waals surface area contributed by atoms with Crippen LogP contribution in [-0.4, -0.2) is 39.7 Å². The molecule has 1 aliphatic carbocycles. The highest BCUT2D eigenvalue weighted by Gasteiger charge is 2.41. The molecule has 0 aromatic heterocycles. The lowest BCUT2D eigenvalue weighted by atomic mass is 9.85. The van der Waals surface area contributed by atoms with Crippen molar-refractivity contribution in [3.05, 3.63) is 65.1 Å². The molecule has 2 aromatic rings. The summed E-state index contributed by atoms with van der Waals surface area (Å²) < 4.78 is 5.28. The number of hydrogen-bond donors (Lipinski definition) is 1. The van der Waals surface area contributed by atoms with Gasteiger partial charge in [0.25, 0.3) is 5.91 Å². The molecule has 7 heteroatoms. The molecule has 2 aromatic carbocycles.